The Hall–Kier alpha value is -4.01. The van der Waals surface area contributed by atoms with E-state index in [2.05, 4.69) is 20.6 Å². The number of hydrogen-bond donors (Lipinski definition) is 1. The second-order valence-electron chi connectivity index (χ2n) is 6.86. The summed E-state index contributed by atoms with van der Waals surface area (Å²) < 4.78 is 7.88. The molecule has 1 amide bonds. The monoisotopic (exact) mass is 404 g/mol. The molecule has 4 aromatic rings. The molecule has 0 aliphatic carbocycles. The molecule has 0 saturated heterocycles. The quantitative estimate of drug-likeness (QED) is 0.527. The van der Waals surface area contributed by atoms with E-state index in [0.29, 0.717) is 23.6 Å². The fourth-order valence-corrected chi connectivity index (χ4v) is 3.00. The van der Waals surface area contributed by atoms with Gasteiger partial charge < -0.3 is 10.1 Å². The molecule has 0 aliphatic rings. The maximum Gasteiger partial charge on any atom is 0.283 e. The number of ether oxygens (including phenoxy) is 1. The van der Waals surface area contributed by atoms with Crippen molar-refractivity contribution in [1.29, 1.82) is 0 Å². The molecule has 2 aromatic heterocycles. The Morgan fingerprint density at radius 2 is 1.83 bits per heavy atom. The number of methoxy groups -OCH3 is 1. The van der Waals surface area contributed by atoms with E-state index < -0.39 is 5.56 Å². The number of aromatic nitrogens is 5. The number of nitrogens with one attached hydrogen (secondary N) is 1. The Morgan fingerprint density at radius 1 is 1.10 bits per heavy atom. The molecule has 9 heteroatoms. The van der Waals surface area contributed by atoms with E-state index in [1.807, 2.05) is 31.2 Å². The lowest BCUT2D eigenvalue weighted by Gasteiger charge is -2.08. The van der Waals surface area contributed by atoms with Crippen molar-refractivity contribution in [3.8, 4) is 5.75 Å². The van der Waals surface area contributed by atoms with Crippen molar-refractivity contribution in [3.05, 3.63) is 76.3 Å². The second-order valence-corrected chi connectivity index (χ2v) is 6.86. The minimum atomic E-state index is -0.417. The van der Waals surface area contributed by atoms with Crippen molar-refractivity contribution >= 4 is 22.8 Å². The molecule has 152 valence electrons. The molecule has 30 heavy (non-hydrogen) atoms. The lowest BCUT2D eigenvalue weighted by atomic mass is 10.1. The molecule has 0 spiro atoms. The maximum atomic E-state index is 12.7. The molecule has 0 bridgehead atoms. The highest BCUT2D eigenvalue weighted by Crippen LogP contribution is 2.15. The minimum Gasteiger partial charge on any atom is -0.497 e. The average Bonchev–Trinajstić information content (AvgIpc) is 3.16. The first kappa shape index (κ1) is 19.3. The van der Waals surface area contributed by atoms with Crippen molar-refractivity contribution in [2.45, 2.75) is 20.0 Å². The van der Waals surface area contributed by atoms with Crippen LogP contribution >= 0.6 is 0 Å². The van der Waals surface area contributed by atoms with Crippen molar-refractivity contribution in [2.24, 2.45) is 0 Å². The molecule has 4 rings (SSSR count). The summed E-state index contributed by atoms with van der Waals surface area (Å²) in [4.78, 5) is 29.4. The number of hydrogen-bond acceptors (Lipinski definition) is 6. The predicted molar refractivity (Wildman–Crippen MR) is 111 cm³/mol. The van der Waals surface area contributed by atoms with Gasteiger partial charge >= 0.3 is 0 Å². The molecule has 0 saturated carbocycles. The van der Waals surface area contributed by atoms with Crippen LogP contribution < -0.4 is 15.6 Å². The average molecular weight is 404 g/mol. The first-order valence-corrected chi connectivity index (χ1v) is 9.31. The Balaban J connectivity index is 1.51. The van der Waals surface area contributed by atoms with Gasteiger partial charge in [-0.15, -0.1) is 5.10 Å². The van der Waals surface area contributed by atoms with Gasteiger partial charge in [0, 0.05) is 5.69 Å². The van der Waals surface area contributed by atoms with Gasteiger partial charge in [-0.1, -0.05) is 35.0 Å². The van der Waals surface area contributed by atoms with Gasteiger partial charge in [-0.2, -0.15) is 0 Å². The fourth-order valence-electron chi connectivity index (χ4n) is 3.00. The summed E-state index contributed by atoms with van der Waals surface area (Å²) in [5.41, 5.74) is 2.88. The van der Waals surface area contributed by atoms with Crippen LogP contribution in [0.2, 0.25) is 0 Å². The summed E-state index contributed by atoms with van der Waals surface area (Å²) >= 11 is 0. The molecule has 9 nitrogen and oxygen atoms in total. The van der Waals surface area contributed by atoms with Gasteiger partial charge in [0.1, 0.15) is 18.6 Å². The van der Waals surface area contributed by atoms with Gasteiger partial charge in [0.2, 0.25) is 5.91 Å². The Bertz CT molecular complexity index is 1240. The molecule has 2 heterocycles. The van der Waals surface area contributed by atoms with Gasteiger partial charge in [0.25, 0.3) is 5.56 Å². The van der Waals surface area contributed by atoms with Crippen LogP contribution in [0.5, 0.6) is 5.75 Å². The van der Waals surface area contributed by atoms with Gasteiger partial charge in [0.15, 0.2) is 11.2 Å². The van der Waals surface area contributed by atoms with Gasteiger partial charge in [0.05, 0.1) is 13.7 Å². The summed E-state index contributed by atoms with van der Waals surface area (Å²) in [7, 11) is 1.57. The Labute approximate surface area is 171 Å². The van der Waals surface area contributed by atoms with E-state index in [-0.39, 0.29) is 18.0 Å². The maximum absolute atomic E-state index is 12.7. The highest BCUT2D eigenvalue weighted by molar-refractivity contribution is 5.90. The molecule has 1 N–H and O–H groups in total. The number of rotatable bonds is 6. The third-order valence-electron chi connectivity index (χ3n) is 4.63. The molecule has 0 unspecified atom stereocenters. The number of aryl methyl sites for hydroxylation is 1. The normalized spacial score (nSPS) is 10.9. The highest BCUT2D eigenvalue weighted by atomic mass is 16.5. The van der Waals surface area contributed by atoms with Gasteiger partial charge in [-0.25, -0.2) is 9.67 Å². The predicted octanol–water partition coefficient (Wildman–Crippen LogP) is 1.99. The van der Waals surface area contributed by atoms with Crippen LogP contribution in [-0.4, -0.2) is 37.6 Å². The van der Waals surface area contributed by atoms with Crippen LogP contribution in [0.25, 0.3) is 11.2 Å². The smallest absolute Gasteiger partial charge is 0.283 e. The van der Waals surface area contributed by atoms with Crippen LogP contribution in [0.15, 0.2) is 59.7 Å². The van der Waals surface area contributed by atoms with E-state index in [9.17, 15) is 9.59 Å². The van der Waals surface area contributed by atoms with Crippen molar-refractivity contribution < 1.29 is 9.53 Å². The number of amides is 1. The number of carbonyl (C=O) groups is 1. The van der Waals surface area contributed by atoms with Gasteiger partial charge in [-0.05, 0) is 36.8 Å². The third kappa shape index (κ3) is 4.04. The zero-order chi connectivity index (χ0) is 21.1. The number of anilines is 1. The van der Waals surface area contributed by atoms with Crippen LogP contribution in [0, 0.1) is 6.92 Å². The van der Waals surface area contributed by atoms with Crippen molar-refractivity contribution in [1.82, 2.24) is 24.5 Å². The topological polar surface area (TPSA) is 104 Å². The zero-order valence-electron chi connectivity index (χ0n) is 16.6. The van der Waals surface area contributed by atoms with Gasteiger partial charge in [-0.3, -0.25) is 14.2 Å². The van der Waals surface area contributed by atoms with E-state index in [4.69, 9.17) is 4.74 Å². The Kier molecular flexibility index (Phi) is 5.25. The van der Waals surface area contributed by atoms with E-state index >= 15 is 0 Å². The first-order valence-electron chi connectivity index (χ1n) is 9.31. The van der Waals surface area contributed by atoms with Crippen molar-refractivity contribution in [2.75, 3.05) is 12.4 Å². The second kappa shape index (κ2) is 8.16. The molecule has 0 radical (unpaired) electrons. The van der Waals surface area contributed by atoms with Crippen LogP contribution in [0.1, 0.15) is 11.1 Å². The summed E-state index contributed by atoms with van der Waals surface area (Å²) in [5, 5.41) is 10.8. The molecule has 2 aromatic carbocycles. The number of benzene rings is 2. The number of nitrogens with zero attached hydrogens (tertiary/aromatic N) is 5. The number of carbonyl (C=O) groups excluding carboxylic acids is 1. The standard InChI is InChI=1S/C21H20N6O3/c1-14-3-5-15(6-4-14)11-27-20-19(24-25-27)21(29)26(13-22-20)12-18(28)23-16-7-9-17(30-2)10-8-16/h3-10,13H,11-12H2,1-2H3,(H,23,28). The van der Waals surface area contributed by atoms with Crippen LogP contribution in [0.3, 0.4) is 0 Å². The summed E-state index contributed by atoms with van der Waals surface area (Å²) in [6.07, 6.45) is 1.34. The summed E-state index contributed by atoms with van der Waals surface area (Å²) in [6.45, 7) is 2.28. The fraction of sp³-hybridized carbons (Fsp3) is 0.190. The summed E-state index contributed by atoms with van der Waals surface area (Å²) in [6, 6.07) is 14.9. The highest BCUT2D eigenvalue weighted by Gasteiger charge is 2.14. The van der Waals surface area contributed by atoms with E-state index in [0.717, 1.165) is 11.1 Å². The summed E-state index contributed by atoms with van der Waals surface area (Å²) in [5.74, 6) is 0.336. The Morgan fingerprint density at radius 3 is 2.53 bits per heavy atom. The third-order valence-corrected chi connectivity index (χ3v) is 4.63. The van der Waals surface area contributed by atoms with Crippen molar-refractivity contribution in [3.63, 3.8) is 0 Å². The lowest BCUT2D eigenvalue weighted by molar-refractivity contribution is -0.116. The molecular weight excluding hydrogens is 384 g/mol. The van der Waals surface area contributed by atoms with E-state index in [1.54, 1.807) is 36.1 Å². The van der Waals surface area contributed by atoms with E-state index in [1.165, 1.54) is 10.9 Å². The largest absolute Gasteiger partial charge is 0.497 e. The zero-order valence-corrected chi connectivity index (χ0v) is 16.6. The molecule has 0 atom stereocenters. The molecular formula is C21H20N6O3. The SMILES string of the molecule is COc1ccc(NC(=O)Cn2cnc3c(nnn3Cc3ccc(C)cc3)c2=O)cc1. The number of fused-ring (bicyclic) bond motifs is 1. The molecule has 0 aliphatic heterocycles. The first-order chi connectivity index (χ1) is 14.5. The lowest BCUT2D eigenvalue weighted by Crippen LogP contribution is -2.28. The minimum absolute atomic E-state index is 0.127. The molecule has 0 fully saturated rings. The van der Waals surface area contributed by atoms with Crippen LogP contribution in [0.4, 0.5) is 5.69 Å². The van der Waals surface area contributed by atoms with Crippen LogP contribution in [-0.2, 0) is 17.9 Å².